The maximum atomic E-state index is 12.4. The van der Waals surface area contributed by atoms with Crippen molar-refractivity contribution in [3.63, 3.8) is 0 Å². The van der Waals surface area contributed by atoms with Gasteiger partial charge in [0.1, 0.15) is 0 Å². The molecule has 0 aliphatic rings. The summed E-state index contributed by atoms with van der Waals surface area (Å²) < 4.78 is 5.22. The topological polar surface area (TPSA) is 55.4 Å². The van der Waals surface area contributed by atoms with Crippen molar-refractivity contribution in [3.05, 3.63) is 71.3 Å². The van der Waals surface area contributed by atoms with Crippen molar-refractivity contribution in [2.75, 3.05) is 13.7 Å². The molecule has 0 saturated carbocycles. The molecule has 23 heavy (non-hydrogen) atoms. The smallest absolute Gasteiger partial charge is 0.313 e. The lowest BCUT2D eigenvalue weighted by atomic mass is 9.90. The second kappa shape index (κ2) is 8.13. The average molecular weight is 311 g/mol. The zero-order valence-corrected chi connectivity index (χ0v) is 13.4. The SMILES string of the molecule is CCOC(=O)C(Cc1ccccc1C(=O)NC)c1ccccc1. The van der Waals surface area contributed by atoms with Gasteiger partial charge in [0, 0.05) is 12.6 Å². The number of hydrogen-bond donors (Lipinski definition) is 1. The Kier molecular flexibility index (Phi) is 5.92. The molecule has 0 bridgehead atoms. The molecule has 0 heterocycles. The van der Waals surface area contributed by atoms with Crippen molar-refractivity contribution in [3.8, 4) is 0 Å². The van der Waals surface area contributed by atoms with E-state index in [0.717, 1.165) is 11.1 Å². The Labute approximate surface area is 136 Å². The molecule has 4 nitrogen and oxygen atoms in total. The van der Waals surface area contributed by atoms with E-state index in [4.69, 9.17) is 4.74 Å². The molecule has 0 aromatic heterocycles. The second-order valence-electron chi connectivity index (χ2n) is 5.16. The molecule has 2 rings (SSSR count). The summed E-state index contributed by atoms with van der Waals surface area (Å²) in [6.45, 7) is 2.12. The van der Waals surface area contributed by atoms with Gasteiger partial charge in [0.05, 0.1) is 12.5 Å². The molecule has 1 N–H and O–H groups in total. The summed E-state index contributed by atoms with van der Waals surface area (Å²) >= 11 is 0. The number of hydrogen-bond acceptors (Lipinski definition) is 3. The quantitative estimate of drug-likeness (QED) is 0.835. The van der Waals surface area contributed by atoms with Crippen LogP contribution in [0.25, 0.3) is 0 Å². The molecule has 0 fully saturated rings. The Morgan fingerprint density at radius 3 is 2.35 bits per heavy atom. The third kappa shape index (κ3) is 4.19. The van der Waals surface area contributed by atoms with Gasteiger partial charge in [-0.15, -0.1) is 0 Å². The van der Waals surface area contributed by atoms with Crippen LogP contribution in [0.2, 0.25) is 0 Å². The monoisotopic (exact) mass is 311 g/mol. The standard InChI is InChI=1S/C19H21NO3/c1-3-23-19(22)17(14-9-5-4-6-10-14)13-15-11-7-8-12-16(15)18(21)20-2/h4-12,17H,3,13H2,1-2H3,(H,20,21). The first-order chi connectivity index (χ1) is 11.2. The number of amides is 1. The molecule has 4 heteroatoms. The van der Waals surface area contributed by atoms with Crippen LogP contribution in [0.5, 0.6) is 0 Å². The lowest BCUT2D eigenvalue weighted by Gasteiger charge is -2.17. The summed E-state index contributed by atoms with van der Waals surface area (Å²) in [5, 5.41) is 2.63. The molecule has 1 atom stereocenters. The molecule has 0 spiro atoms. The van der Waals surface area contributed by atoms with Crippen molar-refractivity contribution in [2.24, 2.45) is 0 Å². The number of nitrogens with one attached hydrogen (secondary N) is 1. The zero-order valence-electron chi connectivity index (χ0n) is 13.4. The van der Waals surface area contributed by atoms with Gasteiger partial charge >= 0.3 is 5.97 Å². The van der Waals surface area contributed by atoms with Crippen molar-refractivity contribution in [1.82, 2.24) is 5.32 Å². The minimum absolute atomic E-state index is 0.156. The highest BCUT2D eigenvalue weighted by Crippen LogP contribution is 2.24. The van der Waals surface area contributed by atoms with Crippen LogP contribution in [0.4, 0.5) is 0 Å². The molecular formula is C19H21NO3. The fourth-order valence-electron chi connectivity index (χ4n) is 2.54. The number of carbonyl (C=O) groups excluding carboxylic acids is 2. The van der Waals surface area contributed by atoms with Gasteiger partial charge in [-0.3, -0.25) is 9.59 Å². The molecule has 0 aliphatic carbocycles. The predicted octanol–water partition coefficient (Wildman–Crippen LogP) is 2.94. The number of benzene rings is 2. The third-order valence-electron chi connectivity index (χ3n) is 3.69. The van der Waals surface area contributed by atoms with Gasteiger partial charge < -0.3 is 10.1 Å². The summed E-state index contributed by atoms with van der Waals surface area (Å²) in [5.41, 5.74) is 2.30. The molecule has 1 amide bonds. The molecule has 0 saturated heterocycles. The fraction of sp³-hybridized carbons (Fsp3) is 0.263. The van der Waals surface area contributed by atoms with Crippen LogP contribution < -0.4 is 5.32 Å². The first-order valence-electron chi connectivity index (χ1n) is 7.69. The Morgan fingerprint density at radius 2 is 1.70 bits per heavy atom. The minimum Gasteiger partial charge on any atom is -0.466 e. The first kappa shape index (κ1) is 16.7. The van der Waals surface area contributed by atoms with E-state index in [-0.39, 0.29) is 11.9 Å². The van der Waals surface area contributed by atoms with E-state index in [0.29, 0.717) is 18.6 Å². The minimum atomic E-state index is -0.429. The van der Waals surface area contributed by atoms with Gasteiger partial charge in [0.2, 0.25) is 0 Å². The second-order valence-corrected chi connectivity index (χ2v) is 5.16. The normalized spacial score (nSPS) is 11.6. The molecule has 2 aromatic rings. The van der Waals surface area contributed by atoms with E-state index in [1.165, 1.54) is 0 Å². The number of esters is 1. The fourth-order valence-corrected chi connectivity index (χ4v) is 2.54. The molecule has 120 valence electrons. The Morgan fingerprint density at radius 1 is 1.04 bits per heavy atom. The van der Waals surface area contributed by atoms with Crippen LogP contribution in [-0.2, 0) is 16.0 Å². The molecule has 1 unspecified atom stereocenters. The zero-order chi connectivity index (χ0) is 16.7. The Hall–Kier alpha value is -2.62. The summed E-state index contributed by atoms with van der Waals surface area (Å²) in [6.07, 6.45) is 0.423. The van der Waals surface area contributed by atoms with E-state index < -0.39 is 5.92 Å². The number of ether oxygens (including phenoxy) is 1. The van der Waals surface area contributed by atoms with Crippen molar-refractivity contribution >= 4 is 11.9 Å². The van der Waals surface area contributed by atoms with Gasteiger partial charge in [0.15, 0.2) is 0 Å². The molecule has 0 radical (unpaired) electrons. The Bertz CT molecular complexity index is 667. The molecule has 2 aromatic carbocycles. The van der Waals surface area contributed by atoms with Gasteiger partial charge in [-0.2, -0.15) is 0 Å². The van der Waals surface area contributed by atoms with Crippen LogP contribution in [-0.4, -0.2) is 25.5 Å². The summed E-state index contributed by atoms with van der Waals surface area (Å²) in [4.78, 5) is 24.4. The first-order valence-corrected chi connectivity index (χ1v) is 7.69. The summed E-state index contributed by atoms with van der Waals surface area (Å²) in [6, 6.07) is 16.8. The van der Waals surface area contributed by atoms with Crippen LogP contribution in [0, 0.1) is 0 Å². The number of carbonyl (C=O) groups is 2. The molecule has 0 aliphatic heterocycles. The maximum Gasteiger partial charge on any atom is 0.313 e. The van der Waals surface area contributed by atoms with E-state index in [9.17, 15) is 9.59 Å². The van der Waals surface area contributed by atoms with Crippen molar-refractivity contribution < 1.29 is 14.3 Å². The lowest BCUT2D eigenvalue weighted by Crippen LogP contribution is -2.22. The lowest BCUT2D eigenvalue weighted by molar-refractivity contribution is -0.144. The largest absolute Gasteiger partial charge is 0.466 e. The van der Waals surface area contributed by atoms with Crippen LogP contribution in [0.1, 0.15) is 34.3 Å². The summed E-state index contributed by atoms with van der Waals surface area (Å²) in [7, 11) is 1.60. The van der Waals surface area contributed by atoms with Gasteiger partial charge in [-0.1, -0.05) is 48.5 Å². The highest BCUT2D eigenvalue weighted by atomic mass is 16.5. The van der Waals surface area contributed by atoms with E-state index in [2.05, 4.69) is 5.32 Å². The highest BCUT2D eigenvalue weighted by Gasteiger charge is 2.24. The highest BCUT2D eigenvalue weighted by molar-refractivity contribution is 5.95. The van der Waals surface area contributed by atoms with Crippen molar-refractivity contribution in [1.29, 1.82) is 0 Å². The van der Waals surface area contributed by atoms with E-state index in [1.807, 2.05) is 48.5 Å². The average Bonchev–Trinajstić information content (AvgIpc) is 2.60. The van der Waals surface area contributed by atoms with E-state index >= 15 is 0 Å². The van der Waals surface area contributed by atoms with Gasteiger partial charge in [-0.25, -0.2) is 0 Å². The molecular weight excluding hydrogens is 290 g/mol. The van der Waals surface area contributed by atoms with Crippen LogP contribution in [0.15, 0.2) is 54.6 Å². The number of rotatable bonds is 6. The predicted molar refractivity (Wildman–Crippen MR) is 89.4 cm³/mol. The van der Waals surface area contributed by atoms with Crippen LogP contribution in [0.3, 0.4) is 0 Å². The van der Waals surface area contributed by atoms with Crippen molar-refractivity contribution in [2.45, 2.75) is 19.3 Å². The van der Waals surface area contributed by atoms with Gasteiger partial charge in [0.25, 0.3) is 5.91 Å². The van der Waals surface area contributed by atoms with Gasteiger partial charge in [-0.05, 0) is 30.5 Å². The Balaban J connectivity index is 2.35. The van der Waals surface area contributed by atoms with E-state index in [1.54, 1.807) is 20.0 Å². The maximum absolute atomic E-state index is 12.4. The van der Waals surface area contributed by atoms with Crippen LogP contribution >= 0.6 is 0 Å². The summed E-state index contributed by atoms with van der Waals surface area (Å²) in [5.74, 6) is -0.858. The third-order valence-corrected chi connectivity index (χ3v) is 3.69.